The van der Waals surface area contributed by atoms with Gasteiger partial charge in [-0.25, -0.2) is 9.97 Å². The van der Waals surface area contributed by atoms with Crippen LogP contribution in [0.2, 0.25) is 0 Å². The zero-order valence-corrected chi connectivity index (χ0v) is 14.1. The van der Waals surface area contributed by atoms with E-state index in [1.165, 1.54) is 12.4 Å². The van der Waals surface area contributed by atoms with Crippen molar-refractivity contribution in [3.8, 4) is 11.9 Å². The molecule has 1 aromatic heterocycles. The molecule has 1 amide bonds. The Hall–Kier alpha value is -2.94. The molecule has 6 nitrogen and oxygen atoms in total. The van der Waals surface area contributed by atoms with Gasteiger partial charge in [-0.2, -0.15) is 5.26 Å². The monoisotopic (exact) mass is 336 g/mol. The molecule has 1 saturated heterocycles. The van der Waals surface area contributed by atoms with Crippen LogP contribution in [0.3, 0.4) is 0 Å². The number of carbonyl (C=O) groups is 1. The summed E-state index contributed by atoms with van der Waals surface area (Å²) in [5.74, 6) is 0.227. The van der Waals surface area contributed by atoms with Gasteiger partial charge in [-0.3, -0.25) is 4.79 Å². The quantitative estimate of drug-likeness (QED) is 0.838. The maximum Gasteiger partial charge on any atom is 0.251 e. The van der Waals surface area contributed by atoms with Crippen molar-refractivity contribution >= 4 is 5.91 Å². The van der Waals surface area contributed by atoms with Crippen molar-refractivity contribution in [2.24, 2.45) is 0 Å². The highest BCUT2D eigenvalue weighted by Crippen LogP contribution is 2.25. The lowest BCUT2D eigenvalue weighted by atomic mass is 9.95. The minimum absolute atomic E-state index is 0.124. The summed E-state index contributed by atoms with van der Waals surface area (Å²) in [6, 6.07) is 11.8. The second-order valence-electron chi connectivity index (χ2n) is 6.01. The number of nitriles is 1. The van der Waals surface area contributed by atoms with Crippen LogP contribution in [-0.2, 0) is 4.79 Å². The molecular formula is C19H20N4O2. The molecule has 6 heteroatoms. The second kappa shape index (κ2) is 7.75. The minimum Gasteiger partial charge on any atom is -0.470 e. The van der Waals surface area contributed by atoms with E-state index in [4.69, 9.17) is 10.00 Å². The van der Waals surface area contributed by atoms with Crippen LogP contribution >= 0.6 is 0 Å². The maximum atomic E-state index is 12.9. The summed E-state index contributed by atoms with van der Waals surface area (Å²) >= 11 is 0. The molecule has 1 aliphatic heterocycles. The highest BCUT2D eigenvalue weighted by Gasteiger charge is 2.32. The van der Waals surface area contributed by atoms with Crippen molar-refractivity contribution in [2.75, 3.05) is 13.1 Å². The lowest BCUT2D eigenvalue weighted by Gasteiger charge is -2.23. The van der Waals surface area contributed by atoms with Crippen LogP contribution in [0.5, 0.6) is 5.88 Å². The summed E-state index contributed by atoms with van der Waals surface area (Å²) in [4.78, 5) is 22.7. The van der Waals surface area contributed by atoms with E-state index in [1.54, 1.807) is 0 Å². The molecule has 0 aliphatic carbocycles. The van der Waals surface area contributed by atoms with Crippen LogP contribution in [0.25, 0.3) is 0 Å². The molecule has 3 rings (SSSR count). The van der Waals surface area contributed by atoms with Crippen LogP contribution in [0.15, 0.2) is 42.7 Å². The fourth-order valence-electron chi connectivity index (χ4n) is 3.13. The van der Waals surface area contributed by atoms with Crippen LogP contribution in [0, 0.1) is 11.3 Å². The molecule has 0 unspecified atom stereocenters. The highest BCUT2D eigenvalue weighted by atomic mass is 16.5. The number of nitrogens with zero attached hydrogens (tertiary/aromatic N) is 4. The molecule has 2 heterocycles. The Morgan fingerprint density at radius 3 is 2.84 bits per heavy atom. The summed E-state index contributed by atoms with van der Waals surface area (Å²) in [7, 11) is 0. The van der Waals surface area contributed by atoms with Crippen molar-refractivity contribution in [3.63, 3.8) is 0 Å². The number of likely N-dealkylation sites (tertiary alicyclic amines) is 1. The predicted molar refractivity (Wildman–Crippen MR) is 91.8 cm³/mol. The van der Waals surface area contributed by atoms with Crippen LogP contribution in [-0.4, -0.2) is 40.0 Å². The van der Waals surface area contributed by atoms with Crippen LogP contribution < -0.4 is 4.74 Å². The fourth-order valence-corrected chi connectivity index (χ4v) is 3.13. The van der Waals surface area contributed by atoms with Gasteiger partial charge in [-0.15, -0.1) is 0 Å². The van der Waals surface area contributed by atoms with Crippen molar-refractivity contribution in [1.29, 1.82) is 5.26 Å². The van der Waals surface area contributed by atoms with Gasteiger partial charge in [-0.1, -0.05) is 37.3 Å². The van der Waals surface area contributed by atoms with Crippen LogP contribution in [0.4, 0.5) is 0 Å². The van der Waals surface area contributed by atoms with Crippen molar-refractivity contribution in [2.45, 2.75) is 31.8 Å². The zero-order chi connectivity index (χ0) is 17.6. The lowest BCUT2D eigenvalue weighted by molar-refractivity contribution is -0.132. The standard InChI is InChI=1S/C19H20N4O2/c1-2-16(14-6-4-3-5-7-14)19(24)23-11-8-15(13-23)25-18-17(12-20)21-9-10-22-18/h3-7,9-10,15-16H,2,8,11,13H2,1H3/t15-,16+/m0/s1. The number of hydrogen-bond acceptors (Lipinski definition) is 5. The molecule has 1 aliphatic rings. The van der Waals surface area contributed by atoms with Crippen molar-refractivity contribution < 1.29 is 9.53 Å². The van der Waals surface area contributed by atoms with Gasteiger partial charge in [-0.05, 0) is 12.0 Å². The van der Waals surface area contributed by atoms with E-state index >= 15 is 0 Å². The van der Waals surface area contributed by atoms with Crippen molar-refractivity contribution in [1.82, 2.24) is 14.9 Å². The number of ether oxygens (including phenoxy) is 1. The predicted octanol–water partition coefficient (Wildman–Crippen LogP) is 2.52. The molecule has 2 aromatic rings. The van der Waals surface area contributed by atoms with E-state index in [-0.39, 0.29) is 29.5 Å². The molecular weight excluding hydrogens is 316 g/mol. The summed E-state index contributed by atoms with van der Waals surface area (Å²) in [6.07, 6.45) is 4.27. The van der Waals surface area contributed by atoms with Gasteiger partial charge in [0.1, 0.15) is 12.2 Å². The molecule has 0 N–H and O–H groups in total. The Kier molecular flexibility index (Phi) is 5.24. The number of hydrogen-bond donors (Lipinski definition) is 0. The average molecular weight is 336 g/mol. The van der Waals surface area contributed by atoms with Crippen LogP contribution in [0.1, 0.15) is 36.9 Å². The normalized spacial score (nSPS) is 17.8. The third kappa shape index (κ3) is 3.77. The SMILES string of the molecule is CC[C@@H](C(=O)N1CC[C@H](Oc2nccnc2C#N)C1)c1ccccc1. The minimum atomic E-state index is -0.166. The van der Waals surface area contributed by atoms with E-state index in [0.29, 0.717) is 13.1 Å². The molecule has 0 radical (unpaired) electrons. The zero-order valence-electron chi connectivity index (χ0n) is 14.1. The van der Waals surface area contributed by atoms with Gasteiger partial charge in [0.25, 0.3) is 5.88 Å². The van der Waals surface area contributed by atoms with Gasteiger partial charge >= 0.3 is 0 Å². The molecule has 1 aromatic carbocycles. The summed E-state index contributed by atoms with van der Waals surface area (Å²) in [5.41, 5.74) is 1.21. The maximum absolute atomic E-state index is 12.9. The Balaban J connectivity index is 1.66. The third-order valence-electron chi connectivity index (χ3n) is 4.41. The Morgan fingerprint density at radius 2 is 2.12 bits per heavy atom. The first kappa shape index (κ1) is 16.9. The third-order valence-corrected chi connectivity index (χ3v) is 4.41. The number of benzene rings is 1. The van der Waals surface area contributed by atoms with Gasteiger partial charge in [0.15, 0.2) is 0 Å². The molecule has 128 valence electrons. The Bertz CT molecular complexity index is 772. The first-order chi connectivity index (χ1) is 12.2. The van der Waals surface area contributed by atoms with Gasteiger partial charge in [0.2, 0.25) is 11.6 Å². The highest BCUT2D eigenvalue weighted by molar-refractivity contribution is 5.84. The van der Waals surface area contributed by atoms with E-state index in [2.05, 4.69) is 9.97 Å². The molecule has 0 spiro atoms. The molecule has 2 atom stereocenters. The summed E-state index contributed by atoms with van der Waals surface area (Å²) in [5, 5.41) is 9.07. The summed E-state index contributed by atoms with van der Waals surface area (Å²) in [6.45, 7) is 3.18. The Labute approximate surface area is 147 Å². The molecule has 0 bridgehead atoms. The first-order valence-corrected chi connectivity index (χ1v) is 8.44. The fraction of sp³-hybridized carbons (Fsp3) is 0.368. The van der Waals surface area contributed by atoms with E-state index in [1.807, 2.05) is 48.2 Å². The van der Waals surface area contributed by atoms with E-state index in [0.717, 1.165) is 18.4 Å². The molecule has 1 fully saturated rings. The largest absolute Gasteiger partial charge is 0.470 e. The van der Waals surface area contributed by atoms with E-state index in [9.17, 15) is 4.79 Å². The first-order valence-electron chi connectivity index (χ1n) is 8.44. The van der Waals surface area contributed by atoms with Gasteiger partial charge in [0, 0.05) is 25.4 Å². The summed E-state index contributed by atoms with van der Waals surface area (Å²) < 4.78 is 5.81. The number of rotatable bonds is 5. The van der Waals surface area contributed by atoms with Gasteiger partial charge in [0.05, 0.1) is 12.5 Å². The van der Waals surface area contributed by atoms with Gasteiger partial charge < -0.3 is 9.64 Å². The average Bonchev–Trinajstić information content (AvgIpc) is 3.12. The van der Waals surface area contributed by atoms with E-state index < -0.39 is 0 Å². The molecule has 0 saturated carbocycles. The van der Waals surface area contributed by atoms with Crippen molar-refractivity contribution in [3.05, 3.63) is 54.0 Å². The topological polar surface area (TPSA) is 79.1 Å². The number of carbonyl (C=O) groups excluding carboxylic acids is 1. The lowest BCUT2D eigenvalue weighted by Crippen LogP contribution is -2.34. The number of amides is 1. The second-order valence-corrected chi connectivity index (χ2v) is 6.01. The Morgan fingerprint density at radius 1 is 1.36 bits per heavy atom. The molecule has 25 heavy (non-hydrogen) atoms. The number of aromatic nitrogens is 2. The smallest absolute Gasteiger partial charge is 0.251 e.